The summed E-state index contributed by atoms with van der Waals surface area (Å²) in [5, 5.41) is 16.0. The van der Waals surface area contributed by atoms with Gasteiger partial charge < -0.3 is 16.2 Å². The third-order valence-corrected chi connectivity index (χ3v) is 5.70. The number of nitrogens with zero attached hydrogens (tertiary/aromatic N) is 3. The number of alkyl halides is 2. The van der Waals surface area contributed by atoms with Gasteiger partial charge in [0.25, 0.3) is 0 Å². The third kappa shape index (κ3) is 3.87. The van der Waals surface area contributed by atoms with Crippen molar-refractivity contribution in [1.82, 2.24) is 19.9 Å². The fourth-order valence-corrected chi connectivity index (χ4v) is 3.94. The summed E-state index contributed by atoms with van der Waals surface area (Å²) >= 11 is 0. The summed E-state index contributed by atoms with van der Waals surface area (Å²) in [6.07, 6.45) is 4.76. The highest BCUT2D eigenvalue weighted by atomic mass is 19.3. The number of hydrogen-bond acceptors (Lipinski definition) is 4. The van der Waals surface area contributed by atoms with Gasteiger partial charge in [-0.05, 0) is 49.1 Å². The van der Waals surface area contributed by atoms with Crippen LogP contribution in [0.3, 0.4) is 0 Å². The number of amides is 1. The molecule has 27 heavy (non-hydrogen) atoms. The van der Waals surface area contributed by atoms with Gasteiger partial charge in [-0.2, -0.15) is 5.10 Å². The van der Waals surface area contributed by atoms with Crippen LogP contribution < -0.4 is 11.1 Å². The zero-order valence-electron chi connectivity index (χ0n) is 14.8. The average Bonchev–Trinajstić information content (AvgIpc) is 3.36. The number of hydrogen-bond donors (Lipinski definition) is 3. The van der Waals surface area contributed by atoms with Crippen molar-refractivity contribution < 1.29 is 18.7 Å². The van der Waals surface area contributed by atoms with Crippen molar-refractivity contribution in [3.05, 3.63) is 29.7 Å². The van der Waals surface area contributed by atoms with E-state index in [-0.39, 0.29) is 30.7 Å². The number of carbonyl (C=O) groups is 1. The SMILES string of the molecule is NC(c1cn2ncc(C(NC(=O)O)C3CC3)cc2n1)C1CCC(F)(F)CC1. The number of rotatable bonds is 5. The Morgan fingerprint density at radius 1 is 1.30 bits per heavy atom. The summed E-state index contributed by atoms with van der Waals surface area (Å²) in [7, 11) is 0. The molecule has 2 aromatic rings. The zero-order chi connectivity index (χ0) is 19.2. The van der Waals surface area contributed by atoms with E-state index in [0.29, 0.717) is 24.2 Å². The molecule has 0 radical (unpaired) electrons. The number of carboxylic acid groups (broad SMARTS) is 1. The molecule has 146 valence electrons. The van der Waals surface area contributed by atoms with Gasteiger partial charge in [0.1, 0.15) is 0 Å². The van der Waals surface area contributed by atoms with E-state index in [4.69, 9.17) is 10.8 Å². The van der Waals surface area contributed by atoms with Gasteiger partial charge in [-0.25, -0.2) is 23.1 Å². The van der Waals surface area contributed by atoms with E-state index in [1.54, 1.807) is 16.9 Å². The minimum absolute atomic E-state index is 0.0260. The lowest BCUT2D eigenvalue weighted by Crippen LogP contribution is -2.31. The van der Waals surface area contributed by atoms with Crippen LogP contribution in [0.5, 0.6) is 0 Å². The van der Waals surface area contributed by atoms with Crippen LogP contribution in [0, 0.1) is 11.8 Å². The molecule has 2 aliphatic rings. The first kappa shape index (κ1) is 18.1. The molecule has 4 N–H and O–H groups in total. The van der Waals surface area contributed by atoms with Crippen LogP contribution in [-0.2, 0) is 0 Å². The molecule has 2 atom stereocenters. The maximum absolute atomic E-state index is 13.4. The Morgan fingerprint density at radius 2 is 2.00 bits per heavy atom. The number of imidazole rings is 1. The first-order valence-corrected chi connectivity index (χ1v) is 9.30. The molecular formula is C18H23F2N5O2. The number of nitrogens with two attached hydrogens (primary N) is 1. The third-order valence-electron chi connectivity index (χ3n) is 5.70. The molecule has 0 aliphatic heterocycles. The largest absolute Gasteiger partial charge is 0.465 e. The molecule has 2 heterocycles. The van der Waals surface area contributed by atoms with Crippen molar-refractivity contribution >= 4 is 11.7 Å². The standard InChI is InChI=1S/C18H23F2N5O2/c19-18(20)5-3-10(4-6-18)15(21)13-9-25-14(23-13)7-12(8-22-25)16(11-1-2-11)24-17(26)27/h7-11,15-16,24H,1-6,21H2,(H,26,27). The Balaban J connectivity index is 1.54. The van der Waals surface area contributed by atoms with Crippen LogP contribution >= 0.6 is 0 Å². The van der Waals surface area contributed by atoms with Crippen molar-refractivity contribution in [2.45, 2.75) is 56.5 Å². The van der Waals surface area contributed by atoms with Crippen LogP contribution in [0.1, 0.15) is 61.9 Å². The predicted molar refractivity (Wildman–Crippen MR) is 93.4 cm³/mol. The summed E-state index contributed by atoms with van der Waals surface area (Å²) in [4.78, 5) is 15.6. The minimum Gasteiger partial charge on any atom is -0.465 e. The molecule has 2 unspecified atom stereocenters. The van der Waals surface area contributed by atoms with Gasteiger partial charge in [0.05, 0.1) is 30.2 Å². The summed E-state index contributed by atoms with van der Waals surface area (Å²) in [5.74, 6) is -2.33. The summed E-state index contributed by atoms with van der Waals surface area (Å²) in [6.45, 7) is 0. The molecule has 2 aromatic heterocycles. The highest BCUT2D eigenvalue weighted by molar-refractivity contribution is 5.65. The van der Waals surface area contributed by atoms with Gasteiger partial charge >= 0.3 is 6.09 Å². The molecule has 2 aliphatic carbocycles. The summed E-state index contributed by atoms with van der Waals surface area (Å²) in [5.41, 5.74) is 8.29. The fraction of sp³-hybridized carbons (Fsp3) is 0.611. The van der Waals surface area contributed by atoms with E-state index >= 15 is 0 Å². The first-order valence-electron chi connectivity index (χ1n) is 9.30. The molecule has 0 spiro atoms. The van der Waals surface area contributed by atoms with Gasteiger partial charge in [-0.3, -0.25) is 0 Å². The molecular weight excluding hydrogens is 356 g/mol. The normalized spacial score (nSPS) is 22.5. The number of nitrogens with one attached hydrogen (secondary N) is 1. The van der Waals surface area contributed by atoms with E-state index in [0.717, 1.165) is 18.4 Å². The molecule has 0 bridgehead atoms. The Kier molecular flexibility index (Phi) is 4.49. The second kappa shape index (κ2) is 6.70. The highest BCUT2D eigenvalue weighted by Crippen LogP contribution is 2.42. The first-order chi connectivity index (χ1) is 12.8. The van der Waals surface area contributed by atoms with Gasteiger partial charge in [-0.1, -0.05) is 0 Å². The fourth-order valence-electron chi connectivity index (χ4n) is 3.94. The molecule has 7 nitrogen and oxygen atoms in total. The molecule has 0 aromatic carbocycles. The average molecular weight is 379 g/mol. The Bertz CT molecular complexity index is 841. The van der Waals surface area contributed by atoms with Gasteiger partial charge in [-0.15, -0.1) is 0 Å². The second-order valence-electron chi connectivity index (χ2n) is 7.74. The van der Waals surface area contributed by atoms with Crippen molar-refractivity contribution in [1.29, 1.82) is 0 Å². The van der Waals surface area contributed by atoms with Crippen molar-refractivity contribution in [2.24, 2.45) is 17.6 Å². The Morgan fingerprint density at radius 3 is 2.63 bits per heavy atom. The molecule has 2 saturated carbocycles. The number of aromatic nitrogens is 3. The lowest BCUT2D eigenvalue weighted by Gasteiger charge is -2.31. The topological polar surface area (TPSA) is 106 Å². The molecule has 4 rings (SSSR count). The highest BCUT2D eigenvalue weighted by Gasteiger charge is 2.38. The van der Waals surface area contributed by atoms with Crippen molar-refractivity contribution in [3.8, 4) is 0 Å². The molecule has 2 fully saturated rings. The lowest BCUT2D eigenvalue weighted by atomic mass is 9.81. The van der Waals surface area contributed by atoms with Crippen LogP contribution in [-0.4, -0.2) is 31.7 Å². The minimum atomic E-state index is -2.58. The van der Waals surface area contributed by atoms with Gasteiger partial charge in [0.15, 0.2) is 5.65 Å². The predicted octanol–water partition coefficient (Wildman–Crippen LogP) is 3.27. The smallest absolute Gasteiger partial charge is 0.405 e. The Hall–Kier alpha value is -2.29. The second-order valence-corrected chi connectivity index (χ2v) is 7.74. The number of fused-ring (bicyclic) bond motifs is 1. The van der Waals surface area contributed by atoms with Crippen molar-refractivity contribution in [2.75, 3.05) is 0 Å². The van der Waals surface area contributed by atoms with E-state index in [9.17, 15) is 13.6 Å². The van der Waals surface area contributed by atoms with E-state index < -0.39 is 18.1 Å². The molecule has 0 saturated heterocycles. The van der Waals surface area contributed by atoms with Crippen LogP contribution in [0.4, 0.5) is 13.6 Å². The van der Waals surface area contributed by atoms with E-state index in [2.05, 4.69) is 15.4 Å². The maximum Gasteiger partial charge on any atom is 0.405 e. The van der Waals surface area contributed by atoms with Gasteiger partial charge in [0, 0.05) is 12.8 Å². The summed E-state index contributed by atoms with van der Waals surface area (Å²) < 4.78 is 28.3. The van der Waals surface area contributed by atoms with Gasteiger partial charge in [0.2, 0.25) is 5.92 Å². The summed E-state index contributed by atoms with van der Waals surface area (Å²) in [6, 6.07) is 1.11. The zero-order valence-corrected chi connectivity index (χ0v) is 14.8. The molecule has 9 heteroatoms. The molecule has 1 amide bonds. The van der Waals surface area contributed by atoms with Crippen LogP contribution in [0.2, 0.25) is 0 Å². The van der Waals surface area contributed by atoms with Crippen LogP contribution in [0.25, 0.3) is 5.65 Å². The Labute approximate surface area is 155 Å². The van der Waals surface area contributed by atoms with E-state index in [1.165, 1.54) is 0 Å². The van der Waals surface area contributed by atoms with E-state index in [1.807, 2.05) is 6.07 Å². The lowest BCUT2D eigenvalue weighted by molar-refractivity contribution is -0.0484. The monoisotopic (exact) mass is 379 g/mol. The number of halogens is 2. The maximum atomic E-state index is 13.4. The van der Waals surface area contributed by atoms with Crippen molar-refractivity contribution in [3.63, 3.8) is 0 Å². The van der Waals surface area contributed by atoms with Crippen LogP contribution in [0.15, 0.2) is 18.5 Å². The quantitative estimate of drug-likeness (QED) is 0.739.